The van der Waals surface area contributed by atoms with E-state index in [4.69, 9.17) is 15.2 Å². The number of hydrogen-bond donors (Lipinski definition) is 1. The molecule has 112 valence electrons. The van der Waals surface area contributed by atoms with Crippen LogP contribution in [0.5, 0.6) is 0 Å². The molecule has 0 aliphatic carbocycles. The molecule has 3 fully saturated rings. The van der Waals surface area contributed by atoms with Gasteiger partial charge in [0.15, 0.2) is 5.82 Å². The van der Waals surface area contributed by atoms with Gasteiger partial charge in [0.1, 0.15) is 0 Å². The Labute approximate surface area is 120 Å². The molecule has 3 aliphatic heterocycles. The molecule has 1 unspecified atom stereocenters. The van der Waals surface area contributed by atoms with Crippen molar-refractivity contribution in [2.24, 2.45) is 5.73 Å². The summed E-state index contributed by atoms with van der Waals surface area (Å²) in [6, 6.07) is 0.291. The maximum atomic E-state index is 5.96. The van der Waals surface area contributed by atoms with Crippen molar-refractivity contribution in [3.05, 3.63) is 11.7 Å². The number of nitrogens with zero attached hydrogens (tertiary/aromatic N) is 4. The van der Waals surface area contributed by atoms with Crippen molar-refractivity contribution >= 4 is 0 Å². The number of aromatic nitrogens is 2. The summed E-state index contributed by atoms with van der Waals surface area (Å²) in [5, 5.41) is 4.26. The molecule has 20 heavy (non-hydrogen) atoms. The van der Waals surface area contributed by atoms with Gasteiger partial charge in [-0.05, 0) is 12.8 Å². The van der Waals surface area contributed by atoms with Crippen molar-refractivity contribution < 1.29 is 4.52 Å². The minimum Gasteiger partial charge on any atom is -0.339 e. The number of rotatable bonds is 5. The molecule has 4 rings (SSSR count). The van der Waals surface area contributed by atoms with Crippen LogP contribution in [0.1, 0.15) is 44.4 Å². The molecule has 0 aromatic carbocycles. The molecule has 0 saturated carbocycles. The molecule has 1 aromatic rings. The minimum atomic E-state index is -0.158. The van der Waals surface area contributed by atoms with Gasteiger partial charge in [0.25, 0.3) is 0 Å². The third kappa shape index (κ3) is 2.16. The van der Waals surface area contributed by atoms with E-state index in [9.17, 15) is 0 Å². The first kappa shape index (κ1) is 14.0. The second-order valence-electron chi connectivity index (χ2n) is 6.00. The smallest absolute Gasteiger partial charge is 0.234 e. The Bertz CT molecular complexity index is 440. The van der Waals surface area contributed by atoms with Crippen LogP contribution in [0.3, 0.4) is 0 Å². The Balaban J connectivity index is 1.83. The number of piperazine rings is 3. The summed E-state index contributed by atoms with van der Waals surface area (Å²) < 4.78 is 5.58. The summed E-state index contributed by atoms with van der Waals surface area (Å²) >= 11 is 0. The lowest BCUT2D eigenvalue weighted by molar-refractivity contribution is 0.00781. The largest absolute Gasteiger partial charge is 0.339 e. The number of fused-ring (bicyclic) bond motifs is 3. The Morgan fingerprint density at radius 1 is 1.25 bits per heavy atom. The van der Waals surface area contributed by atoms with Crippen molar-refractivity contribution in [2.45, 2.75) is 38.1 Å². The lowest BCUT2D eigenvalue weighted by Crippen LogP contribution is -2.57. The lowest BCUT2D eigenvalue weighted by Gasteiger charge is -2.46. The molecule has 6 heteroatoms. The van der Waals surface area contributed by atoms with Crippen LogP contribution in [-0.4, -0.2) is 59.2 Å². The summed E-state index contributed by atoms with van der Waals surface area (Å²) in [5.41, 5.74) is 5.80. The highest BCUT2D eigenvalue weighted by Gasteiger charge is 2.38. The fourth-order valence-electron chi connectivity index (χ4n) is 3.38. The Kier molecular flexibility index (Phi) is 3.79. The second kappa shape index (κ2) is 5.42. The Morgan fingerprint density at radius 2 is 1.95 bits per heavy atom. The number of nitrogens with two attached hydrogens (primary N) is 1. The fourth-order valence-corrected chi connectivity index (χ4v) is 3.38. The van der Waals surface area contributed by atoms with Crippen molar-refractivity contribution in [3.8, 4) is 0 Å². The van der Waals surface area contributed by atoms with Crippen LogP contribution in [0, 0.1) is 0 Å². The lowest BCUT2D eigenvalue weighted by atomic mass is 9.82. The fraction of sp³-hybridized carbons (Fsp3) is 0.857. The van der Waals surface area contributed by atoms with E-state index in [1.807, 2.05) is 0 Å². The average molecular weight is 279 g/mol. The van der Waals surface area contributed by atoms with Gasteiger partial charge in [0.05, 0.1) is 11.5 Å². The van der Waals surface area contributed by atoms with Gasteiger partial charge in [-0.3, -0.25) is 9.80 Å². The highest BCUT2D eigenvalue weighted by molar-refractivity contribution is 5.09. The molecule has 0 amide bonds. The van der Waals surface area contributed by atoms with Gasteiger partial charge >= 0.3 is 0 Å². The van der Waals surface area contributed by atoms with Crippen molar-refractivity contribution in [1.29, 1.82) is 0 Å². The van der Waals surface area contributed by atoms with E-state index in [-0.39, 0.29) is 5.41 Å². The van der Waals surface area contributed by atoms with E-state index in [0.717, 1.165) is 57.3 Å². The molecular weight excluding hydrogens is 254 g/mol. The summed E-state index contributed by atoms with van der Waals surface area (Å²) in [6.07, 6.45) is 1.87. The van der Waals surface area contributed by atoms with E-state index < -0.39 is 0 Å². The third-order valence-corrected chi connectivity index (χ3v) is 5.22. The first-order chi connectivity index (χ1) is 9.72. The second-order valence-corrected chi connectivity index (χ2v) is 6.00. The molecule has 6 nitrogen and oxygen atoms in total. The summed E-state index contributed by atoms with van der Waals surface area (Å²) in [6.45, 7) is 10.4. The summed E-state index contributed by atoms with van der Waals surface area (Å²) in [7, 11) is 0. The van der Waals surface area contributed by atoms with E-state index in [1.54, 1.807) is 0 Å². The minimum absolute atomic E-state index is 0.158. The van der Waals surface area contributed by atoms with E-state index >= 15 is 0 Å². The van der Waals surface area contributed by atoms with Gasteiger partial charge in [-0.15, -0.1) is 0 Å². The first-order valence-electron chi connectivity index (χ1n) is 7.73. The average Bonchev–Trinajstić information content (AvgIpc) is 3.01. The zero-order valence-corrected chi connectivity index (χ0v) is 12.5. The summed E-state index contributed by atoms with van der Waals surface area (Å²) in [5.74, 6) is 1.56. The van der Waals surface area contributed by atoms with Crippen molar-refractivity contribution in [1.82, 2.24) is 19.9 Å². The predicted octanol–water partition coefficient (Wildman–Crippen LogP) is 0.758. The van der Waals surface area contributed by atoms with E-state index in [1.165, 1.54) is 0 Å². The van der Waals surface area contributed by atoms with Gasteiger partial charge in [-0.2, -0.15) is 4.98 Å². The Morgan fingerprint density at radius 3 is 2.45 bits per heavy atom. The zero-order chi connectivity index (χ0) is 14.2. The highest BCUT2D eigenvalue weighted by Crippen LogP contribution is 2.32. The van der Waals surface area contributed by atoms with Crippen LogP contribution in [-0.2, 0) is 5.41 Å². The molecule has 2 bridgehead atoms. The van der Waals surface area contributed by atoms with Gasteiger partial charge in [-0.25, -0.2) is 0 Å². The molecule has 0 spiro atoms. The van der Waals surface area contributed by atoms with Crippen LogP contribution in [0.2, 0.25) is 0 Å². The Hall–Kier alpha value is -0.980. The molecule has 1 atom stereocenters. The molecule has 1 aromatic heterocycles. The van der Waals surface area contributed by atoms with Crippen LogP contribution in [0.25, 0.3) is 0 Å². The molecule has 3 aliphatic rings. The quantitative estimate of drug-likeness (QED) is 0.858. The molecule has 4 heterocycles. The summed E-state index contributed by atoms with van der Waals surface area (Å²) in [4.78, 5) is 9.66. The third-order valence-electron chi connectivity index (χ3n) is 5.22. The van der Waals surface area contributed by atoms with Crippen LogP contribution in [0.15, 0.2) is 4.52 Å². The SMILES string of the molecule is CCC(CC)(CN)c1nc(C2CN3CCN2CC3)no1. The molecule has 2 N–H and O–H groups in total. The first-order valence-corrected chi connectivity index (χ1v) is 7.73. The van der Waals surface area contributed by atoms with E-state index in [2.05, 4.69) is 28.8 Å². The topological polar surface area (TPSA) is 71.4 Å². The van der Waals surface area contributed by atoms with Crippen molar-refractivity contribution in [3.63, 3.8) is 0 Å². The maximum absolute atomic E-state index is 5.96. The highest BCUT2D eigenvalue weighted by atomic mass is 16.5. The van der Waals surface area contributed by atoms with Gasteiger partial charge in [-0.1, -0.05) is 19.0 Å². The van der Waals surface area contributed by atoms with Crippen LogP contribution >= 0.6 is 0 Å². The zero-order valence-electron chi connectivity index (χ0n) is 12.5. The molecule has 0 radical (unpaired) electrons. The van der Waals surface area contributed by atoms with Gasteiger partial charge in [0.2, 0.25) is 5.89 Å². The van der Waals surface area contributed by atoms with Crippen molar-refractivity contribution in [2.75, 3.05) is 39.3 Å². The van der Waals surface area contributed by atoms with Gasteiger partial charge < -0.3 is 10.3 Å². The van der Waals surface area contributed by atoms with E-state index in [0.29, 0.717) is 12.6 Å². The normalized spacial score (nSPS) is 29.9. The molecular formula is C14H25N5O. The standard InChI is InChI=1S/C14H25N5O/c1-3-14(4-2,10-15)13-16-12(17-20-13)11-9-18-5-7-19(11)8-6-18/h11H,3-10,15H2,1-2H3. The molecule has 3 saturated heterocycles. The van der Waals surface area contributed by atoms with Crippen LogP contribution < -0.4 is 5.73 Å². The van der Waals surface area contributed by atoms with Gasteiger partial charge in [0, 0.05) is 39.3 Å². The maximum Gasteiger partial charge on any atom is 0.234 e. The number of hydrogen-bond acceptors (Lipinski definition) is 6. The predicted molar refractivity (Wildman–Crippen MR) is 76.4 cm³/mol. The monoisotopic (exact) mass is 279 g/mol. The van der Waals surface area contributed by atoms with Crippen LogP contribution in [0.4, 0.5) is 0 Å².